The maximum atomic E-state index is 10.5. The first kappa shape index (κ1) is 25.1. The molecular weight excluding hydrogens is 424 g/mol. The quantitative estimate of drug-likeness (QED) is 0.201. The van der Waals surface area contributed by atoms with Crippen molar-refractivity contribution in [2.75, 3.05) is 0 Å². The molecule has 0 saturated carbocycles. The van der Waals surface area contributed by atoms with Crippen molar-refractivity contribution < 1.29 is 64.5 Å². The van der Waals surface area contributed by atoms with Crippen LogP contribution in [0.2, 0.25) is 0 Å². The molecule has 31 heavy (non-hydrogen) atoms. The zero-order valence-electron chi connectivity index (χ0n) is 17.3. The van der Waals surface area contributed by atoms with Gasteiger partial charge in [0.1, 0.15) is 54.9 Å². The van der Waals surface area contributed by atoms with Gasteiger partial charge < -0.3 is 64.5 Å². The number of rotatable bonds is 4. The third kappa shape index (κ3) is 4.89. The van der Waals surface area contributed by atoms with Crippen molar-refractivity contribution >= 4 is 0 Å². The second-order valence-electron chi connectivity index (χ2n) is 8.29. The number of aliphatic hydroxyl groups is 8. The van der Waals surface area contributed by atoms with Gasteiger partial charge in [-0.15, -0.1) is 0 Å². The fourth-order valence-corrected chi connectivity index (χ4v) is 3.86. The minimum atomic E-state index is -1.70. The Labute approximate surface area is 178 Å². The third-order valence-electron chi connectivity index (χ3n) is 5.98. The van der Waals surface area contributed by atoms with E-state index in [1.807, 2.05) is 0 Å². The van der Waals surface area contributed by atoms with Crippen molar-refractivity contribution in [3.63, 3.8) is 0 Å². The molecule has 0 aliphatic carbocycles. The van der Waals surface area contributed by atoms with Crippen LogP contribution >= 0.6 is 0 Å². The number of aliphatic hydroxyl groups excluding tert-OH is 8. The van der Waals surface area contributed by atoms with E-state index in [0.29, 0.717) is 0 Å². The summed E-state index contributed by atoms with van der Waals surface area (Å²) in [5.74, 6) is 0. The normalized spacial score (nSPS) is 56.4. The lowest BCUT2D eigenvalue weighted by atomic mass is 9.97. The van der Waals surface area contributed by atoms with Gasteiger partial charge >= 0.3 is 0 Å². The summed E-state index contributed by atoms with van der Waals surface area (Å²) < 4.78 is 27.2. The Hall–Kier alpha value is -0.520. The zero-order valence-corrected chi connectivity index (χ0v) is 17.3. The first-order valence-corrected chi connectivity index (χ1v) is 10.2. The summed E-state index contributed by atoms with van der Waals surface area (Å²) in [4.78, 5) is 0. The van der Waals surface area contributed by atoms with Gasteiger partial charge in [-0.25, -0.2) is 0 Å². The highest BCUT2D eigenvalue weighted by Gasteiger charge is 2.52. The highest BCUT2D eigenvalue weighted by atomic mass is 16.8. The van der Waals surface area contributed by atoms with Crippen LogP contribution in [-0.2, 0) is 23.7 Å². The molecule has 0 amide bonds. The minimum Gasteiger partial charge on any atom is -0.388 e. The molecule has 3 rings (SSSR count). The van der Waals surface area contributed by atoms with Crippen LogP contribution in [0.25, 0.3) is 0 Å². The molecule has 3 heterocycles. The molecular formula is C18H32O13. The van der Waals surface area contributed by atoms with Crippen LogP contribution in [-0.4, -0.2) is 133 Å². The average Bonchev–Trinajstić information content (AvgIpc) is 2.72. The highest BCUT2D eigenvalue weighted by molar-refractivity contribution is 4.94. The Balaban J connectivity index is 1.78. The topological polar surface area (TPSA) is 208 Å². The van der Waals surface area contributed by atoms with E-state index >= 15 is 0 Å². The summed E-state index contributed by atoms with van der Waals surface area (Å²) in [7, 11) is 0. The molecule has 8 N–H and O–H groups in total. The lowest BCUT2D eigenvalue weighted by Crippen LogP contribution is -2.65. The van der Waals surface area contributed by atoms with Crippen molar-refractivity contribution in [1.82, 2.24) is 0 Å². The van der Waals surface area contributed by atoms with E-state index < -0.39 is 92.1 Å². The zero-order chi connectivity index (χ0) is 23.2. The molecule has 0 aromatic rings. The van der Waals surface area contributed by atoms with Crippen LogP contribution in [0, 0.1) is 0 Å². The second-order valence-corrected chi connectivity index (χ2v) is 8.29. The molecule has 3 aliphatic rings. The van der Waals surface area contributed by atoms with Crippen molar-refractivity contribution in [3.05, 3.63) is 0 Å². The highest BCUT2D eigenvalue weighted by Crippen LogP contribution is 2.32. The van der Waals surface area contributed by atoms with E-state index in [9.17, 15) is 40.9 Å². The van der Waals surface area contributed by atoms with Gasteiger partial charge in [-0.3, -0.25) is 0 Å². The van der Waals surface area contributed by atoms with E-state index in [1.165, 1.54) is 20.8 Å². The van der Waals surface area contributed by atoms with Crippen LogP contribution in [0.3, 0.4) is 0 Å². The molecule has 0 spiro atoms. The Morgan fingerprint density at radius 2 is 0.871 bits per heavy atom. The van der Waals surface area contributed by atoms with Crippen LogP contribution in [0.1, 0.15) is 20.8 Å². The lowest BCUT2D eigenvalue weighted by molar-refractivity contribution is -0.386. The molecule has 15 atom stereocenters. The first-order valence-electron chi connectivity index (χ1n) is 10.2. The van der Waals surface area contributed by atoms with Gasteiger partial charge in [0, 0.05) is 0 Å². The van der Waals surface area contributed by atoms with Gasteiger partial charge in [-0.1, -0.05) is 0 Å². The molecule has 0 aromatic carbocycles. The van der Waals surface area contributed by atoms with Gasteiger partial charge in [-0.2, -0.15) is 0 Å². The van der Waals surface area contributed by atoms with Crippen molar-refractivity contribution in [1.29, 1.82) is 0 Å². The number of hydrogen-bond acceptors (Lipinski definition) is 13. The van der Waals surface area contributed by atoms with Crippen LogP contribution < -0.4 is 0 Å². The summed E-state index contributed by atoms with van der Waals surface area (Å²) in [6.07, 6.45) is -21.2. The number of hydrogen-bond donors (Lipinski definition) is 8. The third-order valence-corrected chi connectivity index (χ3v) is 5.98. The lowest BCUT2D eigenvalue weighted by Gasteiger charge is -2.47. The van der Waals surface area contributed by atoms with Crippen LogP contribution in [0.4, 0.5) is 0 Å². The van der Waals surface area contributed by atoms with E-state index in [1.54, 1.807) is 0 Å². The predicted octanol–water partition coefficient (Wildman–Crippen LogP) is -4.49. The fraction of sp³-hybridized carbons (Fsp3) is 1.00. The van der Waals surface area contributed by atoms with Crippen molar-refractivity contribution in [2.24, 2.45) is 0 Å². The number of ether oxygens (including phenoxy) is 5. The maximum Gasteiger partial charge on any atom is 0.187 e. The van der Waals surface area contributed by atoms with Crippen LogP contribution in [0.5, 0.6) is 0 Å². The maximum absolute atomic E-state index is 10.5. The van der Waals surface area contributed by atoms with Crippen molar-refractivity contribution in [3.8, 4) is 0 Å². The second kappa shape index (κ2) is 9.77. The SMILES string of the molecule is C[C@@H]1O[C@@H](O[C@H]2[C@H](O[C@@H]3[C@H](O)[C@@H](O)[C@H](C)O[C@@H]3O)O[C@@H](C)[C@H](O)[C@H]2O)[C@H](O)[C@H](O)[C@H]1O. The van der Waals surface area contributed by atoms with Gasteiger partial charge in [-0.05, 0) is 20.8 Å². The largest absolute Gasteiger partial charge is 0.388 e. The van der Waals surface area contributed by atoms with E-state index in [-0.39, 0.29) is 0 Å². The van der Waals surface area contributed by atoms with Gasteiger partial charge in [0.25, 0.3) is 0 Å². The molecule has 13 heteroatoms. The van der Waals surface area contributed by atoms with Crippen LogP contribution in [0.15, 0.2) is 0 Å². The first-order chi connectivity index (χ1) is 14.4. The minimum absolute atomic E-state index is 0.879. The van der Waals surface area contributed by atoms with E-state index in [0.717, 1.165) is 0 Å². The Morgan fingerprint density at radius 3 is 1.45 bits per heavy atom. The summed E-state index contributed by atoms with van der Waals surface area (Å²) >= 11 is 0. The molecule has 3 fully saturated rings. The van der Waals surface area contributed by atoms with Gasteiger partial charge in [0.05, 0.1) is 18.3 Å². The summed E-state index contributed by atoms with van der Waals surface area (Å²) in [6, 6.07) is 0. The monoisotopic (exact) mass is 456 g/mol. The smallest absolute Gasteiger partial charge is 0.187 e. The molecule has 3 saturated heterocycles. The van der Waals surface area contributed by atoms with E-state index in [4.69, 9.17) is 23.7 Å². The summed E-state index contributed by atoms with van der Waals surface area (Å²) in [6.45, 7) is 4.32. The molecule has 13 nitrogen and oxygen atoms in total. The average molecular weight is 456 g/mol. The Kier molecular flexibility index (Phi) is 7.91. The molecule has 3 aliphatic heterocycles. The fourth-order valence-electron chi connectivity index (χ4n) is 3.86. The van der Waals surface area contributed by atoms with Gasteiger partial charge in [0.2, 0.25) is 0 Å². The van der Waals surface area contributed by atoms with E-state index in [2.05, 4.69) is 0 Å². The Bertz CT molecular complexity index is 595. The van der Waals surface area contributed by atoms with Crippen molar-refractivity contribution in [2.45, 2.75) is 113 Å². The summed E-state index contributed by atoms with van der Waals surface area (Å²) in [5.41, 5.74) is 0. The molecule has 0 radical (unpaired) electrons. The molecule has 182 valence electrons. The molecule has 0 aromatic heterocycles. The molecule has 0 unspecified atom stereocenters. The molecule has 0 bridgehead atoms. The predicted molar refractivity (Wildman–Crippen MR) is 97.0 cm³/mol. The Morgan fingerprint density at radius 1 is 0.452 bits per heavy atom. The summed E-state index contributed by atoms with van der Waals surface area (Å²) in [5, 5.41) is 81.2. The standard InChI is InChI=1S/C18H32O13/c1-4-8(20)11(23)14(16(26)27-4)30-18-15(12(24)9(21)6(3)29-18)31-17-13(25)10(22)7(19)5(2)28-17/h4-26H,1-3H3/t4-,5-,6-,7-,8-,9-,10+,11+,12+,13+,14+,15+,16-,17-,18-/m0/s1. The van der Waals surface area contributed by atoms with Gasteiger partial charge in [0.15, 0.2) is 18.9 Å².